The van der Waals surface area contributed by atoms with E-state index in [1.54, 1.807) is 12.4 Å². The molecule has 1 fully saturated rings. The average molecular weight is 450 g/mol. The van der Waals surface area contributed by atoms with Crippen molar-refractivity contribution in [2.24, 2.45) is 5.92 Å². The van der Waals surface area contributed by atoms with E-state index in [2.05, 4.69) is 15.2 Å². The molecule has 32 heavy (non-hydrogen) atoms. The number of amides is 1. The first-order valence-electron chi connectivity index (χ1n) is 11.0. The number of hydrogen-bond acceptors (Lipinski definition) is 4. The quantitative estimate of drug-likeness (QED) is 0.540. The summed E-state index contributed by atoms with van der Waals surface area (Å²) in [6.45, 7) is 3.32. The molecule has 3 aromatic rings. The van der Waals surface area contributed by atoms with Gasteiger partial charge in [-0.05, 0) is 67.4 Å². The van der Waals surface area contributed by atoms with Gasteiger partial charge in [-0.25, -0.2) is 0 Å². The minimum absolute atomic E-state index is 0.00719. The normalized spacial score (nSPS) is 15.8. The molecular formula is C26H28ClN3O2. The van der Waals surface area contributed by atoms with Crippen molar-refractivity contribution >= 4 is 17.5 Å². The van der Waals surface area contributed by atoms with Crippen molar-refractivity contribution in [2.75, 3.05) is 26.2 Å². The largest absolute Gasteiger partial charge is 0.492 e. The SMILES string of the molecule is O=C(N[C@@H](c1ccc(Cl)cc1)c1cccnc1)C1CCN(CCOc2ccccc2)CC1. The number of halogens is 1. The summed E-state index contributed by atoms with van der Waals surface area (Å²) in [5.41, 5.74) is 1.95. The molecule has 1 amide bonds. The molecule has 5 nitrogen and oxygen atoms in total. The van der Waals surface area contributed by atoms with E-state index in [0.29, 0.717) is 11.6 Å². The van der Waals surface area contributed by atoms with Gasteiger partial charge in [0, 0.05) is 29.9 Å². The molecule has 1 aliphatic rings. The minimum Gasteiger partial charge on any atom is -0.492 e. The van der Waals surface area contributed by atoms with Crippen LogP contribution in [-0.4, -0.2) is 42.0 Å². The molecule has 1 atom stereocenters. The van der Waals surface area contributed by atoms with Crippen molar-refractivity contribution in [3.8, 4) is 5.75 Å². The fourth-order valence-corrected chi connectivity index (χ4v) is 4.18. The lowest BCUT2D eigenvalue weighted by atomic mass is 9.94. The second-order valence-electron chi connectivity index (χ2n) is 8.06. The standard InChI is InChI=1S/C26H28ClN3O2/c27-23-10-8-20(9-11-23)25(22-5-4-14-28-19-22)29-26(31)21-12-15-30(16-13-21)17-18-32-24-6-2-1-3-7-24/h1-11,14,19,21,25H,12-13,15-18H2,(H,29,31)/t25-/m0/s1. The van der Waals surface area contributed by atoms with Crippen molar-refractivity contribution in [1.29, 1.82) is 0 Å². The lowest BCUT2D eigenvalue weighted by Crippen LogP contribution is -2.42. The van der Waals surface area contributed by atoms with Gasteiger partial charge in [0.15, 0.2) is 0 Å². The number of benzene rings is 2. The van der Waals surface area contributed by atoms with E-state index in [1.807, 2.05) is 66.7 Å². The third-order valence-electron chi connectivity index (χ3n) is 5.89. The monoisotopic (exact) mass is 449 g/mol. The Labute approximate surface area is 194 Å². The first kappa shape index (κ1) is 22.3. The highest BCUT2D eigenvalue weighted by molar-refractivity contribution is 6.30. The fraction of sp³-hybridized carbons (Fsp3) is 0.308. The van der Waals surface area contributed by atoms with Gasteiger partial charge in [0.1, 0.15) is 12.4 Å². The van der Waals surface area contributed by atoms with Gasteiger partial charge in [-0.15, -0.1) is 0 Å². The number of likely N-dealkylation sites (tertiary alicyclic amines) is 1. The molecule has 0 radical (unpaired) electrons. The van der Waals surface area contributed by atoms with Crippen LogP contribution in [0.2, 0.25) is 5.02 Å². The van der Waals surface area contributed by atoms with Crippen LogP contribution in [0.1, 0.15) is 30.0 Å². The summed E-state index contributed by atoms with van der Waals surface area (Å²) < 4.78 is 5.81. The van der Waals surface area contributed by atoms with E-state index < -0.39 is 0 Å². The van der Waals surface area contributed by atoms with Crippen LogP contribution in [-0.2, 0) is 4.79 Å². The highest BCUT2D eigenvalue weighted by Gasteiger charge is 2.27. The molecule has 0 saturated carbocycles. The predicted octanol–water partition coefficient (Wildman–Crippen LogP) is 4.73. The fourth-order valence-electron chi connectivity index (χ4n) is 4.05. The smallest absolute Gasteiger partial charge is 0.223 e. The molecule has 1 aliphatic heterocycles. The molecule has 4 rings (SSSR count). The Morgan fingerprint density at radius 3 is 2.47 bits per heavy atom. The highest BCUT2D eigenvalue weighted by Crippen LogP contribution is 2.25. The van der Waals surface area contributed by atoms with Gasteiger partial charge < -0.3 is 10.1 Å². The van der Waals surface area contributed by atoms with Crippen molar-refractivity contribution in [2.45, 2.75) is 18.9 Å². The number of aromatic nitrogens is 1. The third kappa shape index (κ3) is 6.09. The van der Waals surface area contributed by atoms with Crippen molar-refractivity contribution in [3.63, 3.8) is 0 Å². The topological polar surface area (TPSA) is 54.5 Å². The number of hydrogen-bond donors (Lipinski definition) is 1. The summed E-state index contributed by atoms with van der Waals surface area (Å²) in [5.74, 6) is 0.993. The van der Waals surface area contributed by atoms with Gasteiger partial charge in [-0.1, -0.05) is 48.0 Å². The van der Waals surface area contributed by atoms with Gasteiger partial charge in [-0.2, -0.15) is 0 Å². The molecule has 166 valence electrons. The maximum Gasteiger partial charge on any atom is 0.223 e. The molecule has 0 aliphatic carbocycles. The van der Waals surface area contributed by atoms with Gasteiger partial charge >= 0.3 is 0 Å². The zero-order valence-corrected chi connectivity index (χ0v) is 18.7. The Bertz CT molecular complexity index is 975. The Hall–Kier alpha value is -2.89. The van der Waals surface area contributed by atoms with E-state index in [4.69, 9.17) is 16.3 Å². The Kier molecular flexibility index (Phi) is 7.75. The number of piperidine rings is 1. The number of carbonyl (C=O) groups excluding carboxylic acids is 1. The molecule has 2 aromatic carbocycles. The molecule has 1 aromatic heterocycles. The summed E-state index contributed by atoms with van der Waals surface area (Å²) in [6, 6.07) is 21.1. The molecule has 6 heteroatoms. The van der Waals surface area contributed by atoms with Crippen LogP contribution in [0.3, 0.4) is 0 Å². The minimum atomic E-state index is -0.245. The Balaban J connectivity index is 1.31. The summed E-state index contributed by atoms with van der Waals surface area (Å²) in [7, 11) is 0. The van der Waals surface area contributed by atoms with E-state index in [9.17, 15) is 4.79 Å². The van der Waals surface area contributed by atoms with Crippen LogP contribution in [0.5, 0.6) is 5.75 Å². The highest BCUT2D eigenvalue weighted by atomic mass is 35.5. The number of nitrogens with one attached hydrogen (secondary N) is 1. The molecular weight excluding hydrogens is 422 g/mol. The van der Waals surface area contributed by atoms with E-state index in [-0.39, 0.29) is 17.9 Å². The third-order valence-corrected chi connectivity index (χ3v) is 6.14. The number of para-hydroxylation sites is 1. The molecule has 2 heterocycles. The van der Waals surface area contributed by atoms with Gasteiger partial charge in [0.25, 0.3) is 0 Å². The van der Waals surface area contributed by atoms with Crippen LogP contribution in [0.15, 0.2) is 79.1 Å². The number of rotatable bonds is 8. The van der Waals surface area contributed by atoms with Crippen LogP contribution in [0.4, 0.5) is 0 Å². The Morgan fingerprint density at radius 1 is 1.03 bits per heavy atom. The maximum absolute atomic E-state index is 13.1. The van der Waals surface area contributed by atoms with E-state index in [0.717, 1.165) is 49.4 Å². The van der Waals surface area contributed by atoms with Gasteiger partial charge in [0.2, 0.25) is 5.91 Å². The number of carbonyl (C=O) groups is 1. The maximum atomic E-state index is 13.1. The van der Waals surface area contributed by atoms with Crippen LogP contribution >= 0.6 is 11.6 Å². The number of nitrogens with zero attached hydrogens (tertiary/aromatic N) is 2. The van der Waals surface area contributed by atoms with Crippen molar-refractivity contribution in [1.82, 2.24) is 15.2 Å². The van der Waals surface area contributed by atoms with Gasteiger partial charge in [-0.3, -0.25) is 14.7 Å². The van der Waals surface area contributed by atoms with Crippen LogP contribution in [0.25, 0.3) is 0 Å². The molecule has 0 bridgehead atoms. The lowest BCUT2D eigenvalue weighted by Gasteiger charge is -2.32. The molecule has 0 spiro atoms. The average Bonchev–Trinajstić information content (AvgIpc) is 2.85. The van der Waals surface area contributed by atoms with E-state index in [1.165, 1.54) is 0 Å². The summed E-state index contributed by atoms with van der Waals surface area (Å²) in [5, 5.41) is 3.93. The van der Waals surface area contributed by atoms with Gasteiger partial charge in [0.05, 0.1) is 6.04 Å². The first-order valence-corrected chi connectivity index (χ1v) is 11.4. The lowest BCUT2D eigenvalue weighted by molar-refractivity contribution is -0.127. The second-order valence-corrected chi connectivity index (χ2v) is 8.49. The summed E-state index contributed by atoms with van der Waals surface area (Å²) >= 11 is 6.06. The molecule has 1 N–H and O–H groups in total. The number of pyridine rings is 1. The zero-order chi connectivity index (χ0) is 22.2. The van der Waals surface area contributed by atoms with Crippen LogP contribution < -0.4 is 10.1 Å². The van der Waals surface area contributed by atoms with Crippen molar-refractivity contribution in [3.05, 3.63) is 95.3 Å². The molecule has 0 unspecified atom stereocenters. The van der Waals surface area contributed by atoms with Crippen LogP contribution in [0, 0.1) is 5.92 Å². The second kappa shape index (κ2) is 11.1. The number of ether oxygens (including phenoxy) is 1. The molecule has 1 saturated heterocycles. The predicted molar refractivity (Wildman–Crippen MR) is 127 cm³/mol. The summed E-state index contributed by atoms with van der Waals surface area (Å²) in [4.78, 5) is 19.7. The van der Waals surface area contributed by atoms with E-state index >= 15 is 0 Å². The Morgan fingerprint density at radius 2 is 1.78 bits per heavy atom. The zero-order valence-electron chi connectivity index (χ0n) is 18.0. The van der Waals surface area contributed by atoms with Crippen molar-refractivity contribution < 1.29 is 9.53 Å². The summed E-state index contributed by atoms with van der Waals surface area (Å²) in [6.07, 6.45) is 5.23. The first-order chi connectivity index (χ1) is 15.7.